The lowest BCUT2D eigenvalue weighted by Gasteiger charge is -2.27. The average Bonchev–Trinajstić information content (AvgIpc) is 3.00. The summed E-state index contributed by atoms with van der Waals surface area (Å²) < 4.78 is 11.2. The fourth-order valence-electron chi connectivity index (χ4n) is 3.57. The van der Waals surface area contributed by atoms with Crippen LogP contribution in [0.25, 0.3) is 0 Å². The first kappa shape index (κ1) is 24.4. The smallest absolute Gasteiger partial charge is 0.266 e. The maximum Gasteiger partial charge on any atom is 0.266 e. The Hall–Kier alpha value is -3.27. The number of piperidine rings is 1. The van der Waals surface area contributed by atoms with E-state index in [4.69, 9.17) is 9.47 Å². The molecule has 33 heavy (non-hydrogen) atoms. The number of rotatable bonds is 9. The summed E-state index contributed by atoms with van der Waals surface area (Å²) in [6.45, 7) is 6.37. The highest BCUT2D eigenvalue weighted by Gasteiger charge is 2.45. The van der Waals surface area contributed by atoms with E-state index in [1.54, 1.807) is 12.1 Å². The van der Waals surface area contributed by atoms with Crippen LogP contribution in [0, 0.1) is 0 Å². The van der Waals surface area contributed by atoms with Crippen LogP contribution in [0.15, 0.2) is 18.2 Å². The highest BCUT2D eigenvalue weighted by Crippen LogP contribution is 2.33. The van der Waals surface area contributed by atoms with Crippen molar-refractivity contribution in [3.05, 3.63) is 29.3 Å². The third kappa shape index (κ3) is 5.95. The Bertz CT molecular complexity index is 967. The molecule has 1 unspecified atom stereocenters. The Labute approximate surface area is 192 Å². The van der Waals surface area contributed by atoms with E-state index in [0.717, 1.165) is 4.90 Å². The summed E-state index contributed by atoms with van der Waals surface area (Å²) >= 11 is 0. The summed E-state index contributed by atoms with van der Waals surface area (Å²) in [5, 5.41) is 4.94. The molecule has 3 rings (SSSR count). The normalized spacial score (nSPS) is 18.3. The van der Waals surface area contributed by atoms with Crippen LogP contribution in [0.5, 0.6) is 5.75 Å². The number of nitrogens with one attached hydrogen (secondary N) is 2. The fourth-order valence-corrected chi connectivity index (χ4v) is 3.57. The molecule has 2 aliphatic heterocycles. The molecule has 5 amide bonds. The molecule has 0 bridgehead atoms. The SMILES string of the molecule is CC(C)(C)OCC(=O)NCCCCOc1cccc2c1C(=O)N(C1CCC(=O)NC1=O)C2=O. The lowest BCUT2D eigenvalue weighted by atomic mass is 10.0. The van der Waals surface area contributed by atoms with Gasteiger partial charge in [0, 0.05) is 13.0 Å². The number of hydrogen-bond donors (Lipinski definition) is 2. The van der Waals surface area contributed by atoms with Gasteiger partial charge in [0.05, 0.1) is 23.3 Å². The largest absolute Gasteiger partial charge is 0.493 e. The van der Waals surface area contributed by atoms with E-state index in [9.17, 15) is 24.0 Å². The molecule has 0 radical (unpaired) electrons. The quantitative estimate of drug-likeness (QED) is 0.419. The third-order valence-electron chi connectivity index (χ3n) is 5.22. The van der Waals surface area contributed by atoms with Crippen molar-refractivity contribution in [1.29, 1.82) is 0 Å². The van der Waals surface area contributed by atoms with Crippen LogP contribution >= 0.6 is 0 Å². The number of ether oxygens (including phenoxy) is 2. The molecule has 1 saturated heterocycles. The Morgan fingerprint density at radius 3 is 2.61 bits per heavy atom. The molecule has 2 N–H and O–H groups in total. The molecule has 1 atom stereocenters. The standard InChI is InChI=1S/C23H29N3O7/c1-23(2,3)33-13-18(28)24-11-4-5-12-32-16-8-6-7-14-19(16)22(31)26(21(14)30)15-9-10-17(27)25-20(15)29/h6-8,15H,4-5,9-13H2,1-3H3,(H,24,28)(H,25,27,29). The molecule has 0 aromatic heterocycles. The number of fused-ring (bicyclic) bond motifs is 1. The van der Waals surface area contributed by atoms with Gasteiger partial charge in [-0.05, 0) is 52.2 Å². The van der Waals surface area contributed by atoms with Crippen molar-refractivity contribution in [2.24, 2.45) is 0 Å². The van der Waals surface area contributed by atoms with Crippen molar-refractivity contribution >= 4 is 29.5 Å². The maximum atomic E-state index is 13.0. The molecular formula is C23H29N3O7. The molecule has 178 valence electrons. The van der Waals surface area contributed by atoms with Crippen molar-refractivity contribution in [1.82, 2.24) is 15.5 Å². The van der Waals surface area contributed by atoms with Crippen LogP contribution < -0.4 is 15.4 Å². The lowest BCUT2D eigenvalue weighted by Crippen LogP contribution is -2.54. The summed E-state index contributed by atoms with van der Waals surface area (Å²) in [5.74, 6) is -2.18. The lowest BCUT2D eigenvalue weighted by molar-refractivity contribution is -0.136. The highest BCUT2D eigenvalue weighted by molar-refractivity contribution is 6.24. The number of unbranched alkanes of at least 4 members (excludes halogenated alkanes) is 1. The molecule has 1 aromatic carbocycles. The number of carbonyl (C=O) groups excluding carboxylic acids is 5. The van der Waals surface area contributed by atoms with Gasteiger partial charge >= 0.3 is 0 Å². The molecular weight excluding hydrogens is 430 g/mol. The maximum absolute atomic E-state index is 13.0. The molecule has 0 spiro atoms. The van der Waals surface area contributed by atoms with E-state index < -0.39 is 29.7 Å². The Balaban J connectivity index is 1.51. The van der Waals surface area contributed by atoms with E-state index in [0.29, 0.717) is 19.4 Å². The summed E-state index contributed by atoms with van der Waals surface area (Å²) in [5.41, 5.74) is -0.0820. The minimum Gasteiger partial charge on any atom is -0.493 e. The second-order valence-corrected chi connectivity index (χ2v) is 8.93. The number of carbonyl (C=O) groups is 5. The minimum atomic E-state index is -1.02. The van der Waals surface area contributed by atoms with Crippen LogP contribution in [0.2, 0.25) is 0 Å². The first-order valence-electron chi connectivity index (χ1n) is 11.0. The van der Waals surface area contributed by atoms with Gasteiger partial charge in [-0.2, -0.15) is 0 Å². The van der Waals surface area contributed by atoms with Gasteiger partial charge in [-0.25, -0.2) is 0 Å². The zero-order valence-corrected chi connectivity index (χ0v) is 19.1. The van der Waals surface area contributed by atoms with Gasteiger partial charge in [-0.1, -0.05) is 6.07 Å². The topological polar surface area (TPSA) is 131 Å². The molecule has 1 aromatic rings. The number of imide groups is 2. The van der Waals surface area contributed by atoms with Gasteiger partial charge in [0.25, 0.3) is 11.8 Å². The van der Waals surface area contributed by atoms with E-state index in [2.05, 4.69) is 10.6 Å². The van der Waals surface area contributed by atoms with Crippen molar-refractivity contribution in [3.8, 4) is 5.75 Å². The van der Waals surface area contributed by atoms with Gasteiger partial charge in [0.1, 0.15) is 18.4 Å². The first-order valence-corrected chi connectivity index (χ1v) is 11.0. The van der Waals surface area contributed by atoms with Gasteiger partial charge in [-0.15, -0.1) is 0 Å². The van der Waals surface area contributed by atoms with Gasteiger partial charge in [0.2, 0.25) is 17.7 Å². The third-order valence-corrected chi connectivity index (χ3v) is 5.22. The molecule has 0 aliphatic carbocycles. The Kier molecular flexibility index (Phi) is 7.47. The van der Waals surface area contributed by atoms with Crippen molar-refractivity contribution in [3.63, 3.8) is 0 Å². The summed E-state index contributed by atoms with van der Waals surface area (Å²) in [6.07, 6.45) is 1.43. The van der Waals surface area contributed by atoms with Gasteiger partial charge in [-0.3, -0.25) is 34.2 Å². The molecule has 10 heteroatoms. The van der Waals surface area contributed by atoms with Crippen molar-refractivity contribution in [2.45, 2.75) is 58.1 Å². The molecule has 2 aliphatic rings. The predicted octanol–water partition coefficient (Wildman–Crippen LogP) is 1.18. The minimum absolute atomic E-state index is 0.00400. The Morgan fingerprint density at radius 1 is 1.15 bits per heavy atom. The van der Waals surface area contributed by atoms with Crippen molar-refractivity contribution in [2.75, 3.05) is 19.8 Å². The second-order valence-electron chi connectivity index (χ2n) is 8.93. The van der Waals surface area contributed by atoms with Gasteiger partial charge in [0.15, 0.2) is 0 Å². The molecule has 1 fully saturated rings. The first-order chi connectivity index (χ1) is 15.6. The zero-order chi connectivity index (χ0) is 24.2. The molecule has 2 heterocycles. The van der Waals surface area contributed by atoms with Gasteiger partial charge < -0.3 is 14.8 Å². The fraction of sp³-hybridized carbons (Fsp3) is 0.522. The number of benzene rings is 1. The van der Waals surface area contributed by atoms with Crippen LogP contribution in [-0.2, 0) is 19.1 Å². The van der Waals surface area contributed by atoms with E-state index in [1.807, 2.05) is 20.8 Å². The van der Waals surface area contributed by atoms with Crippen molar-refractivity contribution < 1.29 is 33.4 Å². The summed E-state index contributed by atoms with van der Waals surface area (Å²) in [7, 11) is 0. The van der Waals surface area contributed by atoms with E-state index in [1.165, 1.54) is 6.07 Å². The zero-order valence-electron chi connectivity index (χ0n) is 19.1. The van der Waals surface area contributed by atoms with E-state index in [-0.39, 0.29) is 54.4 Å². The highest BCUT2D eigenvalue weighted by atomic mass is 16.5. The monoisotopic (exact) mass is 459 g/mol. The summed E-state index contributed by atoms with van der Waals surface area (Å²) in [6, 6.07) is 3.71. The predicted molar refractivity (Wildman–Crippen MR) is 117 cm³/mol. The molecule has 0 saturated carbocycles. The van der Waals surface area contributed by atoms with Crippen LogP contribution in [0.1, 0.15) is 67.2 Å². The number of nitrogens with zero attached hydrogens (tertiary/aromatic N) is 1. The Morgan fingerprint density at radius 2 is 1.91 bits per heavy atom. The molecule has 10 nitrogen and oxygen atoms in total. The average molecular weight is 459 g/mol. The van der Waals surface area contributed by atoms with Crippen LogP contribution in [-0.4, -0.2) is 65.8 Å². The number of amides is 5. The number of hydrogen-bond acceptors (Lipinski definition) is 7. The summed E-state index contributed by atoms with van der Waals surface area (Å²) in [4.78, 5) is 62.1. The van der Waals surface area contributed by atoms with Crippen LogP contribution in [0.4, 0.5) is 0 Å². The second kappa shape index (κ2) is 10.1. The van der Waals surface area contributed by atoms with E-state index >= 15 is 0 Å². The van der Waals surface area contributed by atoms with Crippen LogP contribution in [0.3, 0.4) is 0 Å².